The van der Waals surface area contributed by atoms with Crippen LogP contribution in [0.5, 0.6) is 0 Å². The second-order valence-corrected chi connectivity index (χ2v) is 9.87. The summed E-state index contributed by atoms with van der Waals surface area (Å²) in [5.41, 5.74) is 10.7. The Labute approximate surface area is 199 Å². The summed E-state index contributed by atoms with van der Waals surface area (Å²) >= 11 is 1.29. The van der Waals surface area contributed by atoms with E-state index in [1.165, 1.54) is 22.5 Å². The van der Waals surface area contributed by atoms with Crippen molar-refractivity contribution < 1.29 is 0 Å². The van der Waals surface area contributed by atoms with Crippen molar-refractivity contribution in [2.75, 3.05) is 18.0 Å². The van der Waals surface area contributed by atoms with Crippen molar-refractivity contribution in [3.05, 3.63) is 74.1 Å². The number of aromatic amines is 2. The number of nitrogens with one attached hydrogen (secondary N) is 2. The third-order valence-corrected chi connectivity index (χ3v) is 8.13. The lowest BCUT2D eigenvalue weighted by atomic mass is 9.73. The van der Waals surface area contributed by atoms with Crippen molar-refractivity contribution in [3.8, 4) is 6.07 Å². The number of nitrogens with zero attached hydrogens (tertiary/aromatic N) is 5. The normalized spacial score (nSPS) is 18.8. The predicted octanol–water partition coefficient (Wildman–Crippen LogP) is 2.88. The van der Waals surface area contributed by atoms with Crippen LogP contribution in [0.25, 0.3) is 16.6 Å². The molecule has 3 aromatic heterocycles. The van der Waals surface area contributed by atoms with Crippen molar-refractivity contribution in [3.63, 3.8) is 0 Å². The zero-order valence-electron chi connectivity index (χ0n) is 18.3. The average Bonchev–Trinajstić information content (AvgIpc) is 3.57. The van der Waals surface area contributed by atoms with Crippen molar-refractivity contribution >= 4 is 33.9 Å². The summed E-state index contributed by atoms with van der Waals surface area (Å²) in [6.45, 7) is 5.56. The fraction of sp³-hybridized carbons (Fsp3) is 0.292. The summed E-state index contributed by atoms with van der Waals surface area (Å²) in [6, 6.07) is 10.5. The van der Waals surface area contributed by atoms with Crippen molar-refractivity contribution in [1.82, 2.24) is 25.1 Å². The summed E-state index contributed by atoms with van der Waals surface area (Å²) in [5, 5.41) is 18.7. The molecule has 1 aliphatic carbocycles. The Hall–Kier alpha value is -3.81. The van der Waals surface area contributed by atoms with Gasteiger partial charge >= 0.3 is 0 Å². The van der Waals surface area contributed by atoms with Gasteiger partial charge in [-0.2, -0.15) is 15.3 Å². The minimum Gasteiger partial charge on any atom is -0.342 e. The summed E-state index contributed by atoms with van der Waals surface area (Å²) in [5.74, 6) is 0.526. The molecule has 9 nitrogen and oxygen atoms in total. The molecular formula is C24H22N8OS. The van der Waals surface area contributed by atoms with Gasteiger partial charge in [0.15, 0.2) is 11.3 Å². The molecule has 0 radical (unpaired) electrons. The quantitative estimate of drug-likeness (QED) is 0.418. The van der Waals surface area contributed by atoms with Gasteiger partial charge in [-0.15, -0.1) is 11.3 Å². The Kier molecular flexibility index (Phi) is 4.65. The number of anilines is 1. The highest BCUT2D eigenvalue weighted by atomic mass is 32.1. The number of nitrogens with two attached hydrogens (primary N) is 1. The van der Waals surface area contributed by atoms with Crippen LogP contribution in [0.4, 0.5) is 5.95 Å². The van der Waals surface area contributed by atoms with Crippen LogP contribution >= 0.6 is 11.3 Å². The highest BCUT2D eigenvalue weighted by Crippen LogP contribution is 2.50. The predicted molar refractivity (Wildman–Crippen MR) is 130 cm³/mol. The molecule has 0 unspecified atom stereocenters. The average molecular weight is 471 g/mol. The fourth-order valence-corrected chi connectivity index (χ4v) is 6.05. The zero-order chi connectivity index (χ0) is 23.4. The van der Waals surface area contributed by atoms with Crippen molar-refractivity contribution in [2.24, 2.45) is 11.1 Å². The number of hydrogen-bond donors (Lipinski definition) is 3. The van der Waals surface area contributed by atoms with Gasteiger partial charge in [0.05, 0.1) is 0 Å². The first-order chi connectivity index (χ1) is 16.5. The third-order valence-electron chi connectivity index (χ3n) is 7.23. The lowest BCUT2D eigenvalue weighted by Gasteiger charge is -2.42. The van der Waals surface area contributed by atoms with Gasteiger partial charge in [0.2, 0.25) is 5.95 Å². The zero-order valence-corrected chi connectivity index (χ0v) is 19.2. The van der Waals surface area contributed by atoms with E-state index in [1.807, 2.05) is 6.07 Å². The van der Waals surface area contributed by atoms with Gasteiger partial charge in [-0.05, 0) is 35.8 Å². The van der Waals surface area contributed by atoms with E-state index >= 15 is 0 Å². The minimum atomic E-state index is -0.285. The topological polar surface area (TPSA) is 140 Å². The summed E-state index contributed by atoms with van der Waals surface area (Å²) in [6.07, 6.45) is 2.86. The summed E-state index contributed by atoms with van der Waals surface area (Å²) < 4.78 is 0. The molecule has 1 aliphatic heterocycles. The Bertz CT molecular complexity index is 1530. The second kappa shape index (κ2) is 7.62. The largest absolute Gasteiger partial charge is 0.342 e. The van der Waals surface area contributed by atoms with Gasteiger partial charge in [-0.1, -0.05) is 30.8 Å². The lowest BCUT2D eigenvalue weighted by Crippen LogP contribution is -2.45. The standard InChI is InChI=1S/C24H22N8OS/c1-13(22-27-15(11-25)12-34-22)18-17-20(31-30-18)28-23(29-21(17)33)32-8-6-24(7-9-32)10-14-4-2-3-5-16(14)19(24)26/h2-5,12,19H,1,6-10,26H2,(H2,28,29,30,31,33)/t19-/m1/s1. The summed E-state index contributed by atoms with van der Waals surface area (Å²) in [4.78, 5) is 27.0. The Morgan fingerprint density at radius 1 is 1.29 bits per heavy atom. The first kappa shape index (κ1) is 20.8. The van der Waals surface area contributed by atoms with Gasteiger partial charge in [-0.3, -0.25) is 14.9 Å². The molecule has 4 N–H and O–H groups in total. The molecule has 4 heterocycles. The van der Waals surface area contributed by atoms with Crippen LogP contribution in [0.1, 0.15) is 46.4 Å². The minimum absolute atomic E-state index is 0.0360. The maximum absolute atomic E-state index is 13.1. The Morgan fingerprint density at radius 3 is 2.82 bits per heavy atom. The van der Waals surface area contributed by atoms with E-state index in [0.29, 0.717) is 39.0 Å². The molecule has 0 bridgehead atoms. The molecule has 1 aromatic carbocycles. The number of hydrogen-bond acceptors (Lipinski definition) is 8. The van der Waals surface area contributed by atoms with Crippen LogP contribution in [-0.2, 0) is 6.42 Å². The van der Waals surface area contributed by atoms with Crippen LogP contribution in [-0.4, -0.2) is 38.2 Å². The molecule has 0 saturated carbocycles. The molecule has 10 heteroatoms. The number of fused-ring (bicyclic) bond motifs is 2. The smallest absolute Gasteiger partial charge is 0.264 e. The van der Waals surface area contributed by atoms with E-state index < -0.39 is 0 Å². The molecule has 1 saturated heterocycles. The van der Waals surface area contributed by atoms with Crippen LogP contribution < -0.4 is 16.2 Å². The van der Waals surface area contributed by atoms with Gasteiger partial charge in [-0.25, -0.2) is 4.98 Å². The number of aromatic nitrogens is 5. The first-order valence-electron chi connectivity index (χ1n) is 11.1. The van der Waals surface area contributed by atoms with E-state index in [2.05, 4.69) is 60.9 Å². The van der Waals surface area contributed by atoms with Crippen LogP contribution in [0.3, 0.4) is 0 Å². The molecule has 2 aliphatic rings. The van der Waals surface area contributed by atoms with Crippen LogP contribution in [0, 0.1) is 16.7 Å². The lowest BCUT2D eigenvalue weighted by molar-refractivity contribution is 0.187. The molecule has 6 rings (SSSR count). The molecule has 1 atom stereocenters. The fourth-order valence-electron chi connectivity index (χ4n) is 5.33. The number of piperidine rings is 1. The van der Waals surface area contributed by atoms with Gasteiger partial charge < -0.3 is 10.6 Å². The highest BCUT2D eigenvalue weighted by Gasteiger charge is 2.46. The maximum Gasteiger partial charge on any atom is 0.264 e. The van der Waals surface area contributed by atoms with E-state index in [4.69, 9.17) is 11.0 Å². The number of thiazole rings is 1. The van der Waals surface area contributed by atoms with Crippen molar-refractivity contribution in [2.45, 2.75) is 25.3 Å². The van der Waals surface area contributed by atoms with Crippen LogP contribution in [0.2, 0.25) is 0 Å². The number of benzene rings is 1. The molecule has 0 amide bonds. The monoisotopic (exact) mass is 470 g/mol. The summed E-state index contributed by atoms with van der Waals surface area (Å²) in [7, 11) is 0. The van der Waals surface area contributed by atoms with E-state index in [1.54, 1.807) is 5.38 Å². The van der Waals surface area contributed by atoms with E-state index in [-0.39, 0.29) is 17.0 Å². The van der Waals surface area contributed by atoms with E-state index in [9.17, 15) is 4.79 Å². The number of H-pyrrole nitrogens is 2. The third kappa shape index (κ3) is 3.09. The SMILES string of the molecule is C=C(c1nc(C#N)cs1)c1n[nH]c2nc(N3CCC4(CC3)Cc3ccccc3[C@H]4N)[nH]c(=O)c12. The first-order valence-corrected chi connectivity index (χ1v) is 12.0. The second-order valence-electron chi connectivity index (χ2n) is 9.02. The van der Waals surface area contributed by atoms with Gasteiger partial charge in [0.1, 0.15) is 22.2 Å². The molecule has 34 heavy (non-hydrogen) atoms. The molecular weight excluding hydrogens is 448 g/mol. The molecule has 170 valence electrons. The maximum atomic E-state index is 13.1. The Morgan fingerprint density at radius 2 is 2.09 bits per heavy atom. The van der Waals surface area contributed by atoms with Gasteiger partial charge in [0.25, 0.3) is 5.56 Å². The number of nitriles is 1. The molecule has 1 spiro atoms. The van der Waals surface area contributed by atoms with Gasteiger partial charge in [0, 0.05) is 30.1 Å². The Balaban J connectivity index is 1.25. The highest BCUT2D eigenvalue weighted by molar-refractivity contribution is 7.11. The molecule has 1 fully saturated rings. The van der Waals surface area contributed by atoms with E-state index in [0.717, 1.165) is 32.4 Å². The number of rotatable bonds is 3. The van der Waals surface area contributed by atoms with Crippen molar-refractivity contribution in [1.29, 1.82) is 5.26 Å². The molecule has 4 aromatic rings. The van der Waals surface area contributed by atoms with Crippen LogP contribution in [0.15, 0.2) is 41.0 Å².